The largest absolute Gasteiger partial charge is 0.484 e. The number of alkyl halides is 3. The third-order valence-corrected chi connectivity index (χ3v) is 1.79. The molecule has 1 aromatic carbocycles. The van der Waals surface area contributed by atoms with E-state index in [-0.39, 0.29) is 16.3 Å². The van der Waals surface area contributed by atoms with Gasteiger partial charge in [0.2, 0.25) is 0 Å². The van der Waals surface area contributed by atoms with Crippen LogP contribution in [0.15, 0.2) is 18.2 Å². The van der Waals surface area contributed by atoms with Gasteiger partial charge in [0.05, 0.1) is 10.6 Å². The molecular weight excluding hydrogens is 231 g/mol. The second-order valence-electron chi connectivity index (χ2n) is 2.66. The van der Waals surface area contributed by atoms with Crippen molar-refractivity contribution in [2.24, 2.45) is 0 Å². The predicted octanol–water partition coefficient (Wildman–Crippen LogP) is 3.15. The molecule has 0 aromatic heterocycles. The fourth-order valence-corrected chi connectivity index (χ4v) is 1.00. The molecule has 0 aliphatic heterocycles. The smallest absolute Gasteiger partial charge is 0.422 e. The molecule has 0 fully saturated rings. The third kappa shape index (κ3) is 3.68. The monoisotopic (exact) mass is 235 g/mol. The van der Waals surface area contributed by atoms with E-state index in [0.29, 0.717) is 0 Å². The van der Waals surface area contributed by atoms with Gasteiger partial charge in [-0.1, -0.05) is 11.6 Å². The van der Waals surface area contributed by atoms with Crippen molar-refractivity contribution in [1.29, 1.82) is 5.26 Å². The van der Waals surface area contributed by atoms with E-state index in [0.717, 1.165) is 6.07 Å². The molecule has 0 amide bonds. The lowest BCUT2D eigenvalue weighted by Gasteiger charge is -2.09. The maximum atomic E-state index is 11.8. The standard InChI is InChI=1S/C9H5ClF3NO/c10-8-2-1-7(3-6(8)4-14)15-5-9(11,12)13/h1-3H,5H2. The van der Waals surface area contributed by atoms with Crippen LogP contribution in [0.3, 0.4) is 0 Å². The Morgan fingerprint density at radius 3 is 2.60 bits per heavy atom. The fourth-order valence-electron chi connectivity index (χ4n) is 0.845. The number of nitriles is 1. The number of ether oxygens (including phenoxy) is 1. The first-order valence-electron chi connectivity index (χ1n) is 3.81. The minimum atomic E-state index is -4.40. The van der Waals surface area contributed by atoms with Crippen LogP contribution in [0.1, 0.15) is 5.56 Å². The summed E-state index contributed by atoms with van der Waals surface area (Å²) in [5.41, 5.74) is 0.0799. The molecule has 0 saturated heterocycles. The molecule has 80 valence electrons. The van der Waals surface area contributed by atoms with Crippen molar-refractivity contribution >= 4 is 11.6 Å². The highest BCUT2D eigenvalue weighted by Gasteiger charge is 2.28. The summed E-state index contributed by atoms with van der Waals surface area (Å²) in [6.45, 7) is -1.39. The predicted molar refractivity (Wildman–Crippen MR) is 47.7 cm³/mol. The summed E-state index contributed by atoms with van der Waals surface area (Å²) in [5, 5.41) is 8.74. The Balaban J connectivity index is 2.76. The van der Waals surface area contributed by atoms with E-state index >= 15 is 0 Å². The molecule has 0 aliphatic rings. The minimum Gasteiger partial charge on any atom is -0.484 e. The van der Waals surface area contributed by atoms with Gasteiger partial charge in [-0.2, -0.15) is 18.4 Å². The highest BCUT2D eigenvalue weighted by Crippen LogP contribution is 2.23. The van der Waals surface area contributed by atoms with Gasteiger partial charge in [0.25, 0.3) is 0 Å². The van der Waals surface area contributed by atoms with E-state index in [1.165, 1.54) is 12.1 Å². The van der Waals surface area contributed by atoms with Gasteiger partial charge < -0.3 is 4.74 Å². The number of hydrogen-bond donors (Lipinski definition) is 0. The summed E-state index contributed by atoms with van der Waals surface area (Å²) in [6, 6.07) is 5.48. The van der Waals surface area contributed by atoms with Gasteiger partial charge in [-0.15, -0.1) is 0 Å². The average Bonchev–Trinajstić information content (AvgIpc) is 2.15. The highest BCUT2D eigenvalue weighted by atomic mass is 35.5. The summed E-state index contributed by atoms with van der Waals surface area (Å²) in [6.07, 6.45) is -4.40. The molecule has 0 saturated carbocycles. The van der Waals surface area contributed by atoms with Gasteiger partial charge in [-0.3, -0.25) is 0 Å². The molecule has 1 aromatic rings. The first-order chi connectivity index (χ1) is 6.92. The third-order valence-electron chi connectivity index (χ3n) is 1.46. The Labute approximate surface area is 88.8 Å². The quantitative estimate of drug-likeness (QED) is 0.789. The molecule has 0 N–H and O–H groups in total. The number of halogens is 4. The topological polar surface area (TPSA) is 33.0 Å². The minimum absolute atomic E-state index is 0.0340. The number of hydrogen-bond acceptors (Lipinski definition) is 2. The number of benzene rings is 1. The van der Waals surface area contributed by atoms with E-state index in [9.17, 15) is 13.2 Å². The zero-order chi connectivity index (χ0) is 11.5. The van der Waals surface area contributed by atoms with Crippen molar-refractivity contribution in [3.63, 3.8) is 0 Å². The molecule has 15 heavy (non-hydrogen) atoms. The van der Waals surface area contributed by atoms with Crippen LogP contribution in [0.5, 0.6) is 5.75 Å². The van der Waals surface area contributed by atoms with Gasteiger partial charge in [0.1, 0.15) is 11.8 Å². The molecule has 0 atom stereocenters. The van der Waals surface area contributed by atoms with Gasteiger partial charge in [0, 0.05) is 0 Å². The van der Waals surface area contributed by atoms with E-state index in [4.69, 9.17) is 16.9 Å². The van der Waals surface area contributed by atoms with Crippen molar-refractivity contribution in [3.05, 3.63) is 28.8 Å². The van der Waals surface area contributed by atoms with Crippen LogP contribution >= 0.6 is 11.6 Å². The van der Waals surface area contributed by atoms with E-state index in [1.807, 2.05) is 0 Å². The zero-order valence-electron chi connectivity index (χ0n) is 7.31. The molecule has 0 heterocycles. The Bertz CT molecular complexity index is 397. The maximum Gasteiger partial charge on any atom is 0.422 e. The molecule has 0 spiro atoms. The summed E-state index contributed by atoms with van der Waals surface area (Å²) in [4.78, 5) is 0. The second-order valence-corrected chi connectivity index (χ2v) is 3.06. The number of nitrogens with zero attached hydrogens (tertiary/aromatic N) is 1. The van der Waals surface area contributed by atoms with Crippen LogP contribution < -0.4 is 4.74 Å². The van der Waals surface area contributed by atoms with Crippen LogP contribution in [-0.2, 0) is 0 Å². The molecule has 2 nitrogen and oxygen atoms in total. The van der Waals surface area contributed by atoms with Crippen LogP contribution in [-0.4, -0.2) is 12.8 Å². The van der Waals surface area contributed by atoms with Gasteiger partial charge >= 0.3 is 6.18 Å². The first-order valence-corrected chi connectivity index (χ1v) is 4.19. The van der Waals surface area contributed by atoms with Crippen molar-refractivity contribution in [2.75, 3.05) is 6.61 Å². The van der Waals surface area contributed by atoms with Crippen LogP contribution in [0.2, 0.25) is 5.02 Å². The molecule has 0 radical (unpaired) electrons. The highest BCUT2D eigenvalue weighted by molar-refractivity contribution is 6.31. The molecular formula is C9H5ClF3NO. The van der Waals surface area contributed by atoms with Crippen LogP contribution in [0.25, 0.3) is 0 Å². The lowest BCUT2D eigenvalue weighted by Crippen LogP contribution is -2.19. The van der Waals surface area contributed by atoms with Gasteiger partial charge in [-0.25, -0.2) is 0 Å². The molecule has 0 unspecified atom stereocenters. The molecule has 6 heteroatoms. The Hall–Kier alpha value is -1.41. The Morgan fingerprint density at radius 1 is 1.40 bits per heavy atom. The lowest BCUT2D eigenvalue weighted by atomic mass is 10.2. The summed E-state index contributed by atoms with van der Waals surface area (Å²) < 4.78 is 39.8. The van der Waals surface area contributed by atoms with Crippen LogP contribution in [0, 0.1) is 11.3 Å². The maximum absolute atomic E-state index is 11.8. The van der Waals surface area contributed by atoms with E-state index < -0.39 is 12.8 Å². The summed E-state index contributed by atoms with van der Waals surface area (Å²) in [7, 11) is 0. The summed E-state index contributed by atoms with van der Waals surface area (Å²) in [5.74, 6) is -0.0340. The summed E-state index contributed by atoms with van der Waals surface area (Å²) >= 11 is 5.59. The molecule has 0 aliphatic carbocycles. The Morgan fingerprint density at radius 2 is 2.07 bits per heavy atom. The second kappa shape index (κ2) is 4.41. The van der Waals surface area contributed by atoms with Gasteiger partial charge in [0.15, 0.2) is 6.61 Å². The first kappa shape index (κ1) is 11.7. The van der Waals surface area contributed by atoms with E-state index in [1.54, 1.807) is 6.07 Å². The fraction of sp³-hybridized carbons (Fsp3) is 0.222. The Kier molecular flexibility index (Phi) is 3.43. The average molecular weight is 236 g/mol. The zero-order valence-corrected chi connectivity index (χ0v) is 8.06. The molecule has 0 bridgehead atoms. The van der Waals surface area contributed by atoms with E-state index in [2.05, 4.69) is 4.74 Å². The van der Waals surface area contributed by atoms with Crippen molar-refractivity contribution in [2.45, 2.75) is 6.18 Å². The number of rotatable bonds is 2. The lowest BCUT2D eigenvalue weighted by molar-refractivity contribution is -0.153. The van der Waals surface area contributed by atoms with Crippen molar-refractivity contribution in [1.82, 2.24) is 0 Å². The van der Waals surface area contributed by atoms with Crippen molar-refractivity contribution < 1.29 is 17.9 Å². The SMILES string of the molecule is N#Cc1cc(OCC(F)(F)F)ccc1Cl. The van der Waals surface area contributed by atoms with Gasteiger partial charge in [-0.05, 0) is 18.2 Å². The molecule has 1 rings (SSSR count). The van der Waals surface area contributed by atoms with Crippen LogP contribution in [0.4, 0.5) is 13.2 Å². The van der Waals surface area contributed by atoms with Crippen molar-refractivity contribution in [3.8, 4) is 11.8 Å². The normalized spacial score (nSPS) is 10.9.